The Labute approximate surface area is 91.8 Å². The monoisotopic (exact) mass is 259 g/mol. The molecule has 0 saturated heterocycles. The van der Waals surface area contributed by atoms with E-state index in [-0.39, 0.29) is 4.83 Å². The zero-order chi connectivity index (χ0) is 9.97. The standard InChI is InChI=1S/C9H14BrN3O/c1-14-6-8(10)9-4-11-12-13(9)5-7-2-3-7/h4,7-8H,2-3,5-6H2,1H3. The van der Waals surface area contributed by atoms with E-state index in [2.05, 4.69) is 26.2 Å². The Bertz CT molecular complexity index is 298. The van der Waals surface area contributed by atoms with Crippen molar-refractivity contribution in [3.05, 3.63) is 11.9 Å². The predicted molar refractivity (Wildman–Crippen MR) is 56.3 cm³/mol. The first-order valence-electron chi connectivity index (χ1n) is 4.82. The highest BCUT2D eigenvalue weighted by molar-refractivity contribution is 9.09. The van der Waals surface area contributed by atoms with Crippen molar-refractivity contribution in [2.75, 3.05) is 13.7 Å². The molecule has 0 spiro atoms. The van der Waals surface area contributed by atoms with Gasteiger partial charge < -0.3 is 4.74 Å². The summed E-state index contributed by atoms with van der Waals surface area (Å²) < 4.78 is 7.07. The summed E-state index contributed by atoms with van der Waals surface area (Å²) in [6, 6.07) is 0. The van der Waals surface area contributed by atoms with Crippen molar-refractivity contribution in [1.82, 2.24) is 15.0 Å². The molecule has 0 bridgehead atoms. The van der Waals surface area contributed by atoms with E-state index < -0.39 is 0 Å². The van der Waals surface area contributed by atoms with Gasteiger partial charge in [0.05, 0.1) is 23.3 Å². The summed E-state index contributed by atoms with van der Waals surface area (Å²) in [7, 11) is 1.70. The first kappa shape index (κ1) is 10.1. The third-order valence-corrected chi connectivity index (χ3v) is 3.14. The maximum absolute atomic E-state index is 5.09. The summed E-state index contributed by atoms with van der Waals surface area (Å²) in [6.07, 6.45) is 4.47. The van der Waals surface area contributed by atoms with Crippen molar-refractivity contribution in [2.45, 2.75) is 24.2 Å². The van der Waals surface area contributed by atoms with E-state index in [9.17, 15) is 0 Å². The van der Waals surface area contributed by atoms with Crippen LogP contribution in [0.25, 0.3) is 0 Å². The minimum absolute atomic E-state index is 0.196. The lowest BCUT2D eigenvalue weighted by molar-refractivity contribution is 0.199. The van der Waals surface area contributed by atoms with Gasteiger partial charge in [0.25, 0.3) is 0 Å². The van der Waals surface area contributed by atoms with Crippen LogP contribution in [0.2, 0.25) is 0 Å². The highest BCUT2D eigenvalue weighted by Crippen LogP contribution is 2.32. The fourth-order valence-electron chi connectivity index (χ4n) is 1.43. The zero-order valence-corrected chi connectivity index (χ0v) is 9.77. The molecule has 0 radical (unpaired) electrons. The van der Waals surface area contributed by atoms with Crippen molar-refractivity contribution in [2.24, 2.45) is 5.92 Å². The van der Waals surface area contributed by atoms with Crippen molar-refractivity contribution < 1.29 is 4.74 Å². The largest absolute Gasteiger partial charge is 0.383 e. The maximum Gasteiger partial charge on any atom is 0.0814 e. The Morgan fingerprint density at radius 1 is 1.71 bits per heavy atom. The average molecular weight is 260 g/mol. The Hall–Kier alpha value is -0.420. The normalized spacial score (nSPS) is 18.4. The highest BCUT2D eigenvalue weighted by Gasteiger charge is 2.24. The number of hydrogen-bond acceptors (Lipinski definition) is 3. The quantitative estimate of drug-likeness (QED) is 0.757. The van der Waals surface area contributed by atoms with Crippen LogP contribution in [0.4, 0.5) is 0 Å². The Kier molecular flexibility index (Phi) is 3.18. The van der Waals surface area contributed by atoms with Gasteiger partial charge in [-0.25, -0.2) is 4.68 Å². The van der Waals surface area contributed by atoms with Crippen molar-refractivity contribution >= 4 is 15.9 Å². The molecular formula is C9H14BrN3O. The van der Waals surface area contributed by atoms with Crippen LogP contribution in [-0.2, 0) is 11.3 Å². The van der Waals surface area contributed by atoms with E-state index in [0.29, 0.717) is 6.61 Å². The zero-order valence-electron chi connectivity index (χ0n) is 8.19. The summed E-state index contributed by atoms with van der Waals surface area (Å²) in [5.41, 5.74) is 1.11. The molecule has 0 amide bonds. The lowest BCUT2D eigenvalue weighted by Crippen LogP contribution is -2.10. The van der Waals surface area contributed by atoms with E-state index in [1.165, 1.54) is 12.8 Å². The van der Waals surface area contributed by atoms with Crippen LogP contribution >= 0.6 is 15.9 Å². The van der Waals surface area contributed by atoms with Gasteiger partial charge in [-0.2, -0.15) is 0 Å². The molecule has 14 heavy (non-hydrogen) atoms. The van der Waals surface area contributed by atoms with Crippen LogP contribution in [0.15, 0.2) is 6.20 Å². The summed E-state index contributed by atoms with van der Waals surface area (Å²) >= 11 is 3.56. The molecular weight excluding hydrogens is 246 g/mol. The van der Waals surface area contributed by atoms with Gasteiger partial charge in [-0.3, -0.25) is 0 Å². The van der Waals surface area contributed by atoms with Crippen molar-refractivity contribution in [3.63, 3.8) is 0 Å². The molecule has 0 N–H and O–H groups in total. The first-order valence-corrected chi connectivity index (χ1v) is 5.74. The molecule has 0 aliphatic heterocycles. The number of hydrogen-bond donors (Lipinski definition) is 0. The smallest absolute Gasteiger partial charge is 0.0814 e. The molecule has 1 aromatic heterocycles. The number of methoxy groups -OCH3 is 1. The molecule has 2 rings (SSSR count). The number of aromatic nitrogens is 3. The Morgan fingerprint density at radius 2 is 2.50 bits per heavy atom. The lowest BCUT2D eigenvalue weighted by atomic mass is 10.3. The van der Waals surface area contributed by atoms with Crippen LogP contribution in [0.3, 0.4) is 0 Å². The Morgan fingerprint density at radius 3 is 3.14 bits per heavy atom. The number of nitrogens with zero attached hydrogens (tertiary/aromatic N) is 3. The van der Waals surface area contributed by atoms with E-state index >= 15 is 0 Å². The number of rotatable bonds is 5. The summed E-state index contributed by atoms with van der Waals surface area (Å²) in [5.74, 6) is 0.817. The molecule has 4 nitrogen and oxygen atoms in total. The fourth-order valence-corrected chi connectivity index (χ4v) is 2.05. The second-order valence-electron chi connectivity index (χ2n) is 3.71. The van der Waals surface area contributed by atoms with Gasteiger partial charge in [0.15, 0.2) is 0 Å². The lowest BCUT2D eigenvalue weighted by Gasteiger charge is -2.10. The molecule has 5 heteroatoms. The fraction of sp³-hybridized carbons (Fsp3) is 0.778. The molecule has 1 fully saturated rings. The molecule has 1 aliphatic rings. The van der Waals surface area contributed by atoms with E-state index in [0.717, 1.165) is 18.2 Å². The Balaban J connectivity index is 2.03. The van der Waals surface area contributed by atoms with Gasteiger partial charge >= 0.3 is 0 Å². The molecule has 1 aliphatic carbocycles. The molecule has 78 valence electrons. The van der Waals surface area contributed by atoms with Gasteiger partial charge in [0.1, 0.15) is 0 Å². The van der Waals surface area contributed by atoms with Crippen molar-refractivity contribution in [1.29, 1.82) is 0 Å². The van der Waals surface area contributed by atoms with Gasteiger partial charge in [0.2, 0.25) is 0 Å². The first-order chi connectivity index (χ1) is 6.81. The summed E-state index contributed by atoms with van der Waals surface area (Å²) in [5, 5.41) is 8.01. The third kappa shape index (κ3) is 2.33. The number of halogens is 1. The molecule has 1 saturated carbocycles. The average Bonchev–Trinajstić information content (AvgIpc) is 2.82. The SMILES string of the molecule is COCC(Br)c1cnnn1CC1CC1. The predicted octanol–water partition coefficient (Wildman–Crippen LogP) is 1.77. The molecule has 1 unspecified atom stereocenters. The second-order valence-corrected chi connectivity index (χ2v) is 4.81. The molecule has 1 heterocycles. The second kappa shape index (κ2) is 4.40. The van der Waals surface area contributed by atoms with Crippen LogP contribution in [0, 0.1) is 5.92 Å². The topological polar surface area (TPSA) is 39.9 Å². The maximum atomic E-state index is 5.09. The minimum Gasteiger partial charge on any atom is -0.383 e. The third-order valence-electron chi connectivity index (χ3n) is 2.41. The van der Waals surface area contributed by atoms with Gasteiger partial charge in [-0.05, 0) is 18.8 Å². The highest BCUT2D eigenvalue weighted by atomic mass is 79.9. The molecule has 1 aromatic rings. The summed E-state index contributed by atoms with van der Waals surface area (Å²) in [6.45, 7) is 1.65. The van der Waals surface area contributed by atoms with Gasteiger partial charge in [0, 0.05) is 13.7 Å². The van der Waals surface area contributed by atoms with Crippen LogP contribution in [0.1, 0.15) is 23.4 Å². The van der Waals surface area contributed by atoms with E-state index in [1.54, 1.807) is 13.3 Å². The van der Waals surface area contributed by atoms with Gasteiger partial charge in [-0.1, -0.05) is 21.1 Å². The molecule has 1 atom stereocenters. The minimum atomic E-state index is 0.196. The number of alkyl halides is 1. The number of ether oxygens (including phenoxy) is 1. The van der Waals surface area contributed by atoms with Crippen LogP contribution < -0.4 is 0 Å². The summed E-state index contributed by atoms with van der Waals surface area (Å²) in [4.78, 5) is 0.196. The van der Waals surface area contributed by atoms with Gasteiger partial charge in [-0.15, -0.1) is 5.10 Å². The van der Waals surface area contributed by atoms with Crippen molar-refractivity contribution in [3.8, 4) is 0 Å². The van der Waals surface area contributed by atoms with E-state index in [1.807, 2.05) is 4.68 Å². The van der Waals surface area contributed by atoms with Crippen LogP contribution in [-0.4, -0.2) is 28.7 Å². The van der Waals surface area contributed by atoms with Crippen LogP contribution in [0.5, 0.6) is 0 Å². The molecule has 0 aromatic carbocycles. The van der Waals surface area contributed by atoms with E-state index in [4.69, 9.17) is 4.74 Å².